The van der Waals surface area contributed by atoms with Crippen LogP contribution in [0.25, 0.3) is 10.9 Å². The lowest BCUT2D eigenvalue weighted by atomic mass is 9.99. The van der Waals surface area contributed by atoms with Crippen LogP contribution >= 0.6 is 0 Å². The van der Waals surface area contributed by atoms with Gasteiger partial charge in [-0.25, -0.2) is 0 Å². The van der Waals surface area contributed by atoms with E-state index >= 15 is 0 Å². The van der Waals surface area contributed by atoms with Crippen LogP contribution in [-0.4, -0.2) is 83.7 Å². The second-order valence-corrected chi connectivity index (χ2v) is 14.6. The first-order chi connectivity index (χ1) is 25.3. The van der Waals surface area contributed by atoms with Crippen molar-refractivity contribution >= 4 is 46.3 Å². The van der Waals surface area contributed by atoms with E-state index in [0.717, 1.165) is 22.0 Å². The third kappa shape index (κ3) is 12.7. The van der Waals surface area contributed by atoms with Crippen LogP contribution < -0.4 is 37.6 Å². The van der Waals surface area contributed by atoms with Crippen LogP contribution in [0.3, 0.4) is 0 Å². The van der Waals surface area contributed by atoms with Gasteiger partial charge in [0.15, 0.2) is 0 Å². The summed E-state index contributed by atoms with van der Waals surface area (Å²) in [5.41, 5.74) is 7.80. The highest BCUT2D eigenvalue weighted by Gasteiger charge is 2.33. The molecule has 5 atom stereocenters. The molecule has 14 nitrogen and oxygen atoms in total. The topological polar surface area (TPSA) is 216 Å². The lowest BCUT2D eigenvalue weighted by Gasteiger charge is -2.29. The normalized spacial score (nSPS) is 22.7. The molecule has 0 spiro atoms. The zero-order valence-electron chi connectivity index (χ0n) is 31.0. The Morgan fingerprint density at radius 2 is 1.32 bits per heavy atom. The van der Waals surface area contributed by atoms with E-state index in [1.54, 1.807) is 6.20 Å². The average molecular weight is 731 g/mol. The number of aromatic nitrogens is 1. The minimum atomic E-state index is -1.21. The van der Waals surface area contributed by atoms with Crippen LogP contribution in [0.15, 0.2) is 60.8 Å². The molecule has 0 radical (unpaired) electrons. The summed E-state index contributed by atoms with van der Waals surface area (Å²) in [5, 5.41) is 18.2. The molecule has 1 saturated heterocycles. The van der Waals surface area contributed by atoms with Crippen molar-refractivity contribution in [2.75, 3.05) is 13.1 Å². The number of amides is 6. The summed E-state index contributed by atoms with van der Waals surface area (Å²) >= 11 is 0. The number of hydrogen-bond donors (Lipinski definition) is 8. The molecule has 4 rings (SSSR count). The van der Waals surface area contributed by atoms with Crippen molar-refractivity contribution in [1.29, 1.82) is 0 Å². The Kier molecular flexibility index (Phi) is 15.0. The molecule has 2 heterocycles. The molecule has 2 aromatic carbocycles. The monoisotopic (exact) mass is 730 g/mol. The minimum Gasteiger partial charge on any atom is -0.370 e. The van der Waals surface area contributed by atoms with Crippen molar-refractivity contribution in [1.82, 2.24) is 36.9 Å². The number of para-hydroxylation sites is 1. The van der Waals surface area contributed by atoms with Crippen molar-refractivity contribution in [3.8, 4) is 0 Å². The molecule has 1 aliphatic rings. The van der Waals surface area contributed by atoms with E-state index in [1.165, 1.54) is 0 Å². The summed E-state index contributed by atoms with van der Waals surface area (Å²) in [6.45, 7) is 7.88. The van der Waals surface area contributed by atoms with Gasteiger partial charge in [-0.15, -0.1) is 0 Å². The van der Waals surface area contributed by atoms with Gasteiger partial charge in [-0.1, -0.05) is 76.2 Å². The molecule has 1 fully saturated rings. The Balaban J connectivity index is 1.73. The molecule has 53 heavy (non-hydrogen) atoms. The fourth-order valence-electron chi connectivity index (χ4n) is 6.53. The van der Waals surface area contributed by atoms with Crippen LogP contribution in [0, 0.1) is 11.8 Å². The molecular weight excluding hydrogens is 676 g/mol. The van der Waals surface area contributed by atoms with Crippen molar-refractivity contribution in [3.05, 3.63) is 71.9 Å². The number of carbonyl (C=O) groups excluding carboxylic acids is 6. The maximum Gasteiger partial charge on any atom is 0.243 e. The third-order valence-electron chi connectivity index (χ3n) is 9.14. The van der Waals surface area contributed by atoms with Crippen LogP contribution in [0.1, 0.15) is 64.5 Å². The molecule has 14 heteroatoms. The van der Waals surface area contributed by atoms with E-state index in [9.17, 15) is 28.8 Å². The Hall–Kier alpha value is -5.24. The number of nitrogens with one attached hydrogen (secondary N) is 7. The van der Waals surface area contributed by atoms with E-state index in [-0.39, 0.29) is 56.7 Å². The maximum atomic E-state index is 14.2. The molecule has 0 bridgehead atoms. The molecular formula is C39H54N8O6. The van der Waals surface area contributed by atoms with Gasteiger partial charge in [-0.05, 0) is 48.3 Å². The van der Waals surface area contributed by atoms with Crippen LogP contribution in [0.4, 0.5) is 0 Å². The summed E-state index contributed by atoms with van der Waals surface area (Å²) in [4.78, 5) is 84.1. The molecule has 9 N–H and O–H groups in total. The average Bonchev–Trinajstić information content (AvgIpc) is 3.52. The fraction of sp³-hybridized carbons (Fsp3) is 0.487. The van der Waals surface area contributed by atoms with Gasteiger partial charge in [0, 0.05) is 48.9 Å². The van der Waals surface area contributed by atoms with E-state index in [4.69, 9.17) is 5.73 Å². The highest BCUT2D eigenvalue weighted by molar-refractivity contribution is 5.96. The second kappa shape index (κ2) is 19.6. The number of hydrogen-bond acceptors (Lipinski definition) is 7. The zero-order valence-corrected chi connectivity index (χ0v) is 31.0. The summed E-state index contributed by atoms with van der Waals surface area (Å²) in [5.74, 6) is -3.15. The zero-order chi connectivity index (χ0) is 38.5. The Bertz CT molecular complexity index is 1720. The maximum absolute atomic E-state index is 14.2. The first kappa shape index (κ1) is 40.5. The number of rotatable bonds is 11. The van der Waals surface area contributed by atoms with Gasteiger partial charge >= 0.3 is 0 Å². The van der Waals surface area contributed by atoms with Gasteiger partial charge in [0.1, 0.15) is 18.1 Å². The third-order valence-corrected chi connectivity index (χ3v) is 9.14. The van der Waals surface area contributed by atoms with Gasteiger partial charge in [-0.3, -0.25) is 28.8 Å². The molecule has 0 saturated carbocycles. The van der Waals surface area contributed by atoms with Crippen LogP contribution in [0.2, 0.25) is 0 Å². The fourth-order valence-corrected chi connectivity index (χ4v) is 6.53. The molecule has 3 aromatic rings. The predicted molar refractivity (Wildman–Crippen MR) is 202 cm³/mol. The summed E-state index contributed by atoms with van der Waals surface area (Å²) in [6, 6.07) is 12.0. The van der Waals surface area contributed by atoms with Crippen molar-refractivity contribution < 1.29 is 28.8 Å². The number of fused-ring (bicyclic) bond motifs is 1. The first-order valence-corrected chi connectivity index (χ1v) is 18.4. The van der Waals surface area contributed by atoms with Gasteiger partial charge in [0.2, 0.25) is 35.4 Å². The van der Waals surface area contributed by atoms with Gasteiger partial charge in [-0.2, -0.15) is 0 Å². The lowest BCUT2D eigenvalue weighted by Crippen LogP contribution is -2.60. The van der Waals surface area contributed by atoms with E-state index in [2.05, 4.69) is 36.9 Å². The highest BCUT2D eigenvalue weighted by atomic mass is 16.2. The van der Waals surface area contributed by atoms with Crippen molar-refractivity contribution in [2.45, 2.75) is 96.4 Å². The largest absolute Gasteiger partial charge is 0.370 e. The number of primary amides is 1. The van der Waals surface area contributed by atoms with E-state index in [0.29, 0.717) is 12.8 Å². The van der Waals surface area contributed by atoms with Crippen LogP contribution in [-0.2, 0) is 41.6 Å². The molecule has 0 aliphatic carbocycles. The smallest absolute Gasteiger partial charge is 0.243 e. The van der Waals surface area contributed by atoms with Crippen molar-refractivity contribution in [3.63, 3.8) is 0 Å². The highest BCUT2D eigenvalue weighted by Crippen LogP contribution is 2.20. The van der Waals surface area contributed by atoms with Crippen molar-refractivity contribution in [2.24, 2.45) is 17.6 Å². The van der Waals surface area contributed by atoms with Gasteiger partial charge in [0.25, 0.3) is 0 Å². The minimum absolute atomic E-state index is 0.0366. The Morgan fingerprint density at radius 1 is 0.717 bits per heavy atom. The predicted octanol–water partition coefficient (Wildman–Crippen LogP) is 1.34. The number of H-pyrrole nitrogens is 1. The number of benzene rings is 2. The number of nitrogens with two attached hydrogens (primary N) is 1. The molecule has 6 amide bonds. The summed E-state index contributed by atoms with van der Waals surface area (Å²) in [6.07, 6.45) is 2.62. The van der Waals surface area contributed by atoms with Gasteiger partial charge < -0.3 is 42.6 Å². The summed E-state index contributed by atoms with van der Waals surface area (Å²) < 4.78 is 0. The van der Waals surface area contributed by atoms with Gasteiger partial charge in [0.05, 0.1) is 12.6 Å². The van der Waals surface area contributed by atoms with E-state index < -0.39 is 59.6 Å². The Morgan fingerprint density at radius 3 is 2.00 bits per heavy atom. The first-order valence-electron chi connectivity index (χ1n) is 18.4. The standard InChI is InChI=1S/C39H54N8O6/c1-23(2)16-27-21-42-31(17-24(3)4)38(52)45-30(14-15-34(40)48)37(51)47-33(19-26-20-41-29-13-9-8-12-28(26)29)39(53)46-32(18-25-10-6-5-7-11-25)36(50)43-22-35(49)44-27/h5-13,20,23-24,27,30-33,41-42H,14-19,21-22H2,1-4H3,(H2,40,48)(H,43,50)(H,44,49)(H,45,52)(H,46,53)(H,47,51)/t27-,30-,31-,32-,33-/m0/s1. The molecule has 1 aliphatic heterocycles. The molecule has 0 unspecified atom stereocenters. The Labute approximate surface area is 310 Å². The lowest BCUT2D eigenvalue weighted by molar-refractivity contribution is -0.134. The number of carbonyl (C=O) groups is 6. The molecule has 286 valence electrons. The summed E-state index contributed by atoms with van der Waals surface area (Å²) in [7, 11) is 0. The quantitative estimate of drug-likeness (QED) is 0.145. The number of aromatic amines is 1. The second-order valence-electron chi connectivity index (χ2n) is 14.6. The SMILES string of the molecule is CC(C)C[C@H]1CN[C@@H](CC(C)C)C(=O)N[C@@H](CCC(N)=O)C(=O)N[C@@H](Cc2c[nH]c3ccccc23)C(=O)N[C@@H](Cc2ccccc2)C(=O)NCC(=O)N1. The van der Waals surface area contributed by atoms with E-state index in [1.807, 2.05) is 82.3 Å². The molecule has 1 aromatic heterocycles. The van der Waals surface area contributed by atoms with Crippen LogP contribution in [0.5, 0.6) is 0 Å².